The molecule has 0 radical (unpaired) electrons. The lowest BCUT2D eigenvalue weighted by Gasteiger charge is -2.35. The fourth-order valence-electron chi connectivity index (χ4n) is 4.48. The molecule has 1 fully saturated rings. The Morgan fingerprint density at radius 2 is 1.71 bits per heavy atom. The van der Waals surface area contributed by atoms with Crippen molar-refractivity contribution >= 4 is 22.5 Å². The number of anilines is 1. The Balaban J connectivity index is 1.33. The molecule has 0 atom stereocenters. The molecule has 1 amide bonds. The Bertz CT molecular complexity index is 1330. The third-order valence-electron chi connectivity index (χ3n) is 6.33. The number of carbonyl (C=O) groups excluding carboxylic acids is 1. The monoisotopic (exact) mass is 468 g/mol. The Morgan fingerprint density at radius 1 is 0.943 bits per heavy atom. The van der Waals surface area contributed by atoms with Gasteiger partial charge in [-0.25, -0.2) is 9.97 Å². The van der Waals surface area contributed by atoms with Crippen LogP contribution in [0.1, 0.15) is 17.3 Å². The highest BCUT2D eigenvalue weighted by atomic mass is 16.5. The number of amides is 1. The molecule has 1 aliphatic rings. The Kier molecular flexibility index (Phi) is 6.48. The lowest BCUT2D eigenvalue weighted by atomic mass is 10.0. The summed E-state index contributed by atoms with van der Waals surface area (Å²) in [6, 6.07) is 21.7. The highest BCUT2D eigenvalue weighted by Crippen LogP contribution is 2.30. The predicted octanol–water partition coefficient (Wildman–Crippen LogP) is 4.67. The molecule has 35 heavy (non-hydrogen) atoms. The third-order valence-corrected chi connectivity index (χ3v) is 6.33. The van der Waals surface area contributed by atoms with Crippen molar-refractivity contribution in [3.63, 3.8) is 0 Å². The SMILES string of the molecule is CCOc1ccc2ccccc2c1C(=O)N1CCN(c2cc(-c3ccc(OC)cc3)ncn2)CC1. The molecule has 0 bridgehead atoms. The summed E-state index contributed by atoms with van der Waals surface area (Å²) in [5, 5.41) is 1.95. The Hall–Kier alpha value is -4.13. The summed E-state index contributed by atoms with van der Waals surface area (Å²) in [6.45, 7) is 5.05. The molecule has 0 saturated carbocycles. The number of benzene rings is 3. The molecule has 5 rings (SSSR count). The van der Waals surface area contributed by atoms with Gasteiger partial charge in [-0.15, -0.1) is 0 Å². The molecule has 1 aromatic heterocycles. The predicted molar refractivity (Wildman–Crippen MR) is 137 cm³/mol. The summed E-state index contributed by atoms with van der Waals surface area (Å²) in [7, 11) is 1.65. The minimum Gasteiger partial charge on any atom is -0.497 e. The third kappa shape index (κ3) is 4.62. The zero-order valence-corrected chi connectivity index (χ0v) is 20.0. The second-order valence-electron chi connectivity index (χ2n) is 8.36. The average molecular weight is 469 g/mol. The van der Waals surface area contributed by atoms with Gasteiger partial charge in [0.15, 0.2) is 0 Å². The van der Waals surface area contributed by atoms with Crippen LogP contribution in [0.5, 0.6) is 11.5 Å². The number of aromatic nitrogens is 2. The highest BCUT2D eigenvalue weighted by Gasteiger charge is 2.26. The number of ether oxygens (including phenoxy) is 2. The van der Waals surface area contributed by atoms with Gasteiger partial charge in [0.25, 0.3) is 5.91 Å². The van der Waals surface area contributed by atoms with Crippen LogP contribution in [0, 0.1) is 0 Å². The molecule has 7 heteroatoms. The zero-order chi connectivity index (χ0) is 24.2. The van der Waals surface area contributed by atoms with Crippen molar-refractivity contribution in [1.29, 1.82) is 0 Å². The van der Waals surface area contributed by atoms with Crippen LogP contribution >= 0.6 is 0 Å². The van der Waals surface area contributed by atoms with E-state index in [1.165, 1.54) is 0 Å². The minimum absolute atomic E-state index is 0.00603. The maximum atomic E-state index is 13.6. The lowest BCUT2D eigenvalue weighted by Crippen LogP contribution is -2.49. The number of carbonyl (C=O) groups is 1. The molecule has 0 N–H and O–H groups in total. The first kappa shape index (κ1) is 22.7. The summed E-state index contributed by atoms with van der Waals surface area (Å²) >= 11 is 0. The van der Waals surface area contributed by atoms with Crippen molar-refractivity contribution in [1.82, 2.24) is 14.9 Å². The van der Waals surface area contributed by atoms with E-state index in [0.717, 1.165) is 33.6 Å². The molecule has 4 aromatic rings. The highest BCUT2D eigenvalue weighted by molar-refractivity contribution is 6.09. The Morgan fingerprint density at radius 3 is 2.46 bits per heavy atom. The van der Waals surface area contributed by atoms with Crippen LogP contribution in [-0.4, -0.2) is 60.7 Å². The number of fused-ring (bicyclic) bond motifs is 1. The first-order valence-electron chi connectivity index (χ1n) is 11.8. The van der Waals surface area contributed by atoms with Gasteiger partial charge in [0.2, 0.25) is 0 Å². The summed E-state index contributed by atoms with van der Waals surface area (Å²) < 4.78 is 11.1. The van der Waals surface area contributed by atoms with Gasteiger partial charge >= 0.3 is 0 Å². The summed E-state index contributed by atoms with van der Waals surface area (Å²) in [5.41, 5.74) is 2.50. The number of hydrogen-bond acceptors (Lipinski definition) is 6. The quantitative estimate of drug-likeness (QED) is 0.410. The van der Waals surface area contributed by atoms with E-state index < -0.39 is 0 Å². The topological polar surface area (TPSA) is 67.8 Å². The number of rotatable bonds is 6. The zero-order valence-electron chi connectivity index (χ0n) is 20.0. The summed E-state index contributed by atoms with van der Waals surface area (Å²) in [6.07, 6.45) is 1.59. The van der Waals surface area contributed by atoms with Crippen molar-refractivity contribution < 1.29 is 14.3 Å². The molecule has 178 valence electrons. The van der Waals surface area contributed by atoms with Gasteiger partial charge in [0.1, 0.15) is 23.6 Å². The lowest BCUT2D eigenvalue weighted by molar-refractivity contribution is 0.0744. The molecule has 7 nitrogen and oxygen atoms in total. The van der Waals surface area contributed by atoms with E-state index in [0.29, 0.717) is 44.1 Å². The van der Waals surface area contributed by atoms with Crippen molar-refractivity contribution in [2.45, 2.75) is 6.92 Å². The van der Waals surface area contributed by atoms with Crippen LogP contribution in [0.2, 0.25) is 0 Å². The van der Waals surface area contributed by atoms with E-state index in [-0.39, 0.29) is 5.91 Å². The number of piperazine rings is 1. The van der Waals surface area contributed by atoms with E-state index >= 15 is 0 Å². The molecular formula is C28H28N4O3. The van der Waals surface area contributed by atoms with Gasteiger partial charge in [-0.05, 0) is 48.0 Å². The number of hydrogen-bond donors (Lipinski definition) is 0. The molecule has 1 saturated heterocycles. The van der Waals surface area contributed by atoms with Gasteiger partial charge in [-0.1, -0.05) is 30.3 Å². The maximum absolute atomic E-state index is 13.6. The minimum atomic E-state index is 0.00603. The first-order valence-corrected chi connectivity index (χ1v) is 11.8. The Labute approximate surface area is 204 Å². The smallest absolute Gasteiger partial charge is 0.258 e. The molecule has 0 unspecified atom stereocenters. The van der Waals surface area contributed by atoms with Gasteiger partial charge < -0.3 is 19.3 Å². The van der Waals surface area contributed by atoms with Crippen molar-refractivity contribution in [3.05, 3.63) is 78.6 Å². The van der Waals surface area contributed by atoms with Gasteiger partial charge in [0, 0.05) is 37.8 Å². The standard InChI is InChI=1S/C28H28N4O3/c1-3-35-25-13-10-20-6-4-5-7-23(20)27(25)28(33)32-16-14-31(15-17-32)26-18-24(29-19-30-26)21-8-11-22(34-2)12-9-21/h4-13,18-19H,3,14-17H2,1-2H3. The van der Waals surface area contributed by atoms with E-state index in [1.54, 1.807) is 13.4 Å². The second-order valence-corrected chi connectivity index (χ2v) is 8.36. The molecule has 0 aliphatic carbocycles. The van der Waals surface area contributed by atoms with Crippen LogP contribution in [0.25, 0.3) is 22.0 Å². The molecule has 2 heterocycles. The van der Waals surface area contributed by atoms with Gasteiger partial charge in [-0.2, -0.15) is 0 Å². The van der Waals surface area contributed by atoms with Gasteiger partial charge in [0.05, 0.1) is 25.0 Å². The normalized spacial score (nSPS) is 13.7. The van der Waals surface area contributed by atoms with E-state index in [1.807, 2.05) is 78.6 Å². The number of methoxy groups -OCH3 is 1. The van der Waals surface area contributed by atoms with Crippen LogP contribution in [0.15, 0.2) is 73.1 Å². The van der Waals surface area contributed by atoms with Crippen LogP contribution in [0.3, 0.4) is 0 Å². The molecular weight excluding hydrogens is 440 g/mol. The number of nitrogens with zero attached hydrogens (tertiary/aromatic N) is 4. The van der Waals surface area contributed by atoms with Gasteiger partial charge in [-0.3, -0.25) is 4.79 Å². The molecule has 0 spiro atoms. The van der Waals surface area contributed by atoms with Crippen LogP contribution in [0.4, 0.5) is 5.82 Å². The molecule has 1 aliphatic heterocycles. The van der Waals surface area contributed by atoms with Crippen LogP contribution < -0.4 is 14.4 Å². The van der Waals surface area contributed by atoms with E-state index in [9.17, 15) is 4.79 Å². The fraction of sp³-hybridized carbons (Fsp3) is 0.250. The fourth-order valence-corrected chi connectivity index (χ4v) is 4.48. The molecule has 3 aromatic carbocycles. The largest absolute Gasteiger partial charge is 0.497 e. The van der Waals surface area contributed by atoms with Crippen molar-refractivity contribution in [3.8, 4) is 22.8 Å². The second kappa shape index (κ2) is 10.0. The van der Waals surface area contributed by atoms with Crippen LogP contribution in [-0.2, 0) is 0 Å². The summed E-state index contributed by atoms with van der Waals surface area (Å²) in [4.78, 5) is 26.7. The van der Waals surface area contributed by atoms with Crippen molar-refractivity contribution in [2.24, 2.45) is 0 Å². The van der Waals surface area contributed by atoms with Crippen molar-refractivity contribution in [2.75, 3.05) is 44.8 Å². The maximum Gasteiger partial charge on any atom is 0.258 e. The average Bonchev–Trinajstić information content (AvgIpc) is 2.93. The van der Waals surface area contributed by atoms with E-state index in [2.05, 4.69) is 14.9 Å². The first-order chi connectivity index (χ1) is 17.2. The summed E-state index contributed by atoms with van der Waals surface area (Å²) in [5.74, 6) is 2.31. The van der Waals surface area contributed by atoms with E-state index in [4.69, 9.17) is 9.47 Å².